The maximum atomic E-state index is 11.8. The molecule has 0 radical (unpaired) electrons. The Hall–Kier alpha value is -0.830. The Balaban J connectivity index is 4.32. The summed E-state index contributed by atoms with van der Waals surface area (Å²) in [6, 6.07) is 0. The van der Waals surface area contributed by atoms with Crippen molar-refractivity contribution in [2.45, 2.75) is 58.9 Å². The van der Waals surface area contributed by atoms with E-state index in [1.54, 1.807) is 6.92 Å². The lowest BCUT2D eigenvalue weighted by molar-refractivity contribution is -0.890. The molecule has 3 nitrogen and oxygen atoms in total. The average Bonchev–Trinajstić information content (AvgIpc) is 2.28. The number of quaternary nitrogens is 1. The fraction of sp³-hybridized carbons (Fsp3) is 0.812. The number of hydrogen-bond donors (Lipinski definition) is 1. The first-order valence-electron chi connectivity index (χ1n) is 7.46. The quantitative estimate of drug-likeness (QED) is 0.506. The third-order valence-electron chi connectivity index (χ3n) is 3.90. The van der Waals surface area contributed by atoms with Gasteiger partial charge >= 0.3 is 0 Å². The van der Waals surface area contributed by atoms with Crippen LogP contribution in [0.4, 0.5) is 0 Å². The van der Waals surface area contributed by atoms with Gasteiger partial charge in [0, 0.05) is 11.1 Å². The molecule has 0 aliphatic carbocycles. The van der Waals surface area contributed by atoms with Gasteiger partial charge in [0.25, 0.3) is 0 Å². The van der Waals surface area contributed by atoms with Crippen LogP contribution >= 0.6 is 0 Å². The predicted octanol–water partition coefficient (Wildman–Crippen LogP) is 3.11. The molecule has 1 N–H and O–H groups in total. The summed E-state index contributed by atoms with van der Waals surface area (Å²) in [6.45, 7) is 14.3. The molecule has 1 unspecified atom stereocenters. The van der Waals surface area contributed by atoms with Gasteiger partial charge in [0.2, 0.25) is 5.91 Å². The van der Waals surface area contributed by atoms with Crippen molar-refractivity contribution in [2.24, 2.45) is 0 Å². The fourth-order valence-corrected chi connectivity index (χ4v) is 2.32. The van der Waals surface area contributed by atoms with E-state index in [0.717, 1.165) is 30.3 Å². The van der Waals surface area contributed by atoms with Crippen LogP contribution in [0.15, 0.2) is 12.2 Å². The Morgan fingerprint density at radius 3 is 2.26 bits per heavy atom. The highest BCUT2D eigenvalue weighted by atomic mass is 16.1. The molecule has 19 heavy (non-hydrogen) atoms. The molecule has 3 heteroatoms. The van der Waals surface area contributed by atoms with E-state index in [1.807, 2.05) is 0 Å². The van der Waals surface area contributed by atoms with Crippen molar-refractivity contribution in [3.05, 3.63) is 12.2 Å². The highest BCUT2D eigenvalue weighted by Gasteiger charge is 2.25. The van der Waals surface area contributed by atoms with Gasteiger partial charge in [-0.15, -0.1) is 0 Å². The van der Waals surface area contributed by atoms with Crippen molar-refractivity contribution in [3.63, 3.8) is 0 Å². The lowest BCUT2D eigenvalue weighted by atomic mass is 9.92. The average molecular weight is 269 g/mol. The summed E-state index contributed by atoms with van der Waals surface area (Å²) < 4.78 is 1.06. The first-order chi connectivity index (χ1) is 8.66. The Bertz CT molecular complexity index is 310. The van der Waals surface area contributed by atoms with Crippen molar-refractivity contribution in [2.75, 3.05) is 27.2 Å². The van der Waals surface area contributed by atoms with Crippen LogP contribution in [-0.2, 0) is 4.79 Å². The number of nitrogens with zero attached hydrogens (tertiary/aromatic N) is 1. The van der Waals surface area contributed by atoms with Gasteiger partial charge in [-0.1, -0.05) is 20.4 Å². The van der Waals surface area contributed by atoms with Crippen LogP contribution in [0.1, 0.15) is 53.4 Å². The maximum Gasteiger partial charge on any atom is 0.246 e. The Morgan fingerprint density at radius 1 is 1.26 bits per heavy atom. The fourth-order valence-electron chi connectivity index (χ4n) is 2.32. The normalized spacial score (nSPS) is 14.8. The number of amides is 1. The monoisotopic (exact) mass is 269 g/mol. The number of nitrogens with one attached hydrogen (secondary N) is 1. The van der Waals surface area contributed by atoms with Gasteiger partial charge in [0.15, 0.2) is 0 Å². The van der Waals surface area contributed by atoms with Crippen LogP contribution in [0.2, 0.25) is 0 Å². The van der Waals surface area contributed by atoms with Crippen LogP contribution in [0.3, 0.4) is 0 Å². The zero-order valence-electron chi connectivity index (χ0n) is 13.8. The molecule has 1 atom stereocenters. The minimum Gasteiger partial charge on any atom is -0.347 e. The van der Waals surface area contributed by atoms with Gasteiger partial charge in [0.1, 0.15) is 0 Å². The Morgan fingerprint density at radius 2 is 1.84 bits per heavy atom. The third kappa shape index (κ3) is 7.36. The lowest BCUT2D eigenvalue weighted by Gasteiger charge is -2.33. The van der Waals surface area contributed by atoms with Crippen LogP contribution in [0.5, 0.6) is 0 Å². The molecule has 112 valence electrons. The summed E-state index contributed by atoms with van der Waals surface area (Å²) in [5.74, 6) is -0.0216. The number of carbonyl (C=O) groups is 1. The van der Waals surface area contributed by atoms with Gasteiger partial charge in [-0.25, -0.2) is 0 Å². The summed E-state index contributed by atoms with van der Waals surface area (Å²) in [5.41, 5.74) is 0.476. The van der Waals surface area contributed by atoms with Crippen molar-refractivity contribution in [1.82, 2.24) is 5.32 Å². The summed E-state index contributed by atoms with van der Waals surface area (Å²) in [4.78, 5) is 11.8. The molecular formula is C16H33N2O+. The Labute approximate surface area is 119 Å². The van der Waals surface area contributed by atoms with E-state index in [-0.39, 0.29) is 11.4 Å². The van der Waals surface area contributed by atoms with Gasteiger partial charge in [-0.05, 0) is 39.5 Å². The number of hydrogen-bond acceptors (Lipinski definition) is 1. The zero-order valence-corrected chi connectivity index (χ0v) is 13.8. The van der Waals surface area contributed by atoms with Gasteiger partial charge in [0.05, 0.1) is 27.2 Å². The highest BCUT2D eigenvalue weighted by Crippen LogP contribution is 2.18. The van der Waals surface area contributed by atoms with Gasteiger partial charge < -0.3 is 9.80 Å². The van der Waals surface area contributed by atoms with E-state index in [9.17, 15) is 4.79 Å². The van der Waals surface area contributed by atoms with Crippen LogP contribution < -0.4 is 5.32 Å². The van der Waals surface area contributed by atoms with E-state index in [2.05, 4.69) is 46.8 Å². The maximum absolute atomic E-state index is 11.8. The zero-order chi connectivity index (χ0) is 15.1. The van der Waals surface area contributed by atoms with Crippen molar-refractivity contribution >= 4 is 5.91 Å². The molecule has 0 saturated carbocycles. The van der Waals surface area contributed by atoms with Crippen molar-refractivity contribution in [1.29, 1.82) is 0 Å². The summed E-state index contributed by atoms with van der Waals surface area (Å²) >= 11 is 0. The van der Waals surface area contributed by atoms with Crippen LogP contribution in [0, 0.1) is 0 Å². The second-order valence-electron chi connectivity index (χ2n) is 6.64. The summed E-state index contributed by atoms with van der Waals surface area (Å²) in [5, 5.41) is 3.12. The second-order valence-corrected chi connectivity index (χ2v) is 6.64. The summed E-state index contributed by atoms with van der Waals surface area (Å²) in [6.07, 6.45) is 4.32. The van der Waals surface area contributed by atoms with Gasteiger partial charge in [-0.2, -0.15) is 0 Å². The molecule has 0 fully saturated rings. The molecular weight excluding hydrogens is 236 g/mol. The minimum atomic E-state index is -0.109. The van der Waals surface area contributed by atoms with E-state index >= 15 is 0 Å². The molecule has 0 heterocycles. The topological polar surface area (TPSA) is 29.1 Å². The molecule has 0 aromatic heterocycles. The number of rotatable bonds is 9. The third-order valence-corrected chi connectivity index (χ3v) is 3.90. The molecule has 0 aromatic carbocycles. The first kappa shape index (κ1) is 18.2. The predicted molar refractivity (Wildman–Crippen MR) is 83.0 cm³/mol. The van der Waals surface area contributed by atoms with Crippen LogP contribution in [0.25, 0.3) is 0 Å². The second kappa shape index (κ2) is 7.68. The minimum absolute atomic E-state index is 0.0216. The van der Waals surface area contributed by atoms with E-state index in [4.69, 9.17) is 0 Å². The Kier molecular flexibility index (Phi) is 7.35. The standard InChI is InChI=1S/C16H32N2O/c1-8-12-18(6,7)13-10-11-16(5,9-2)17-15(19)14(3)4/h3,8-13H2,1-2,4-7H3/p+1. The molecule has 0 bridgehead atoms. The van der Waals surface area contributed by atoms with E-state index in [0.29, 0.717) is 5.57 Å². The van der Waals surface area contributed by atoms with Crippen molar-refractivity contribution < 1.29 is 9.28 Å². The SMILES string of the molecule is C=C(C)C(=O)NC(C)(CC)CCC[N+](C)(C)CCC. The smallest absolute Gasteiger partial charge is 0.246 e. The largest absolute Gasteiger partial charge is 0.347 e. The molecule has 1 amide bonds. The van der Waals surface area contributed by atoms with Crippen LogP contribution in [-0.4, -0.2) is 43.1 Å². The molecule has 0 aromatic rings. The van der Waals surface area contributed by atoms with E-state index < -0.39 is 0 Å². The first-order valence-corrected chi connectivity index (χ1v) is 7.46. The van der Waals surface area contributed by atoms with Crippen molar-refractivity contribution in [3.8, 4) is 0 Å². The van der Waals surface area contributed by atoms with Gasteiger partial charge in [-0.3, -0.25) is 4.79 Å². The molecule has 0 saturated heterocycles. The van der Waals surface area contributed by atoms with E-state index in [1.165, 1.54) is 13.0 Å². The highest BCUT2D eigenvalue weighted by molar-refractivity contribution is 5.92. The molecule has 0 aliphatic heterocycles. The summed E-state index contributed by atoms with van der Waals surface area (Å²) in [7, 11) is 4.55. The molecule has 0 rings (SSSR count). The number of carbonyl (C=O) groups excluding carboxylic acids is 1. The lowest BCUT2D eigenvalue weighted by Crippen LogP contribution is -2.47. The molecule has 0 aliphatic rings. The molecule has 0 spiro atoms.